The predicted molar refractivity (Wildman–Crippen MR) is 93.4 cm³/mol. The number of benzene rings is 1. The number of hydrogen-bond acceptors (Lipinski definition) is 4. The lowest BCUT2D eigenvalue weighted by molar-refractivity contribution is -0.215. The maximum atomic E-state index is 8.87. The minimum absolute atomic E-state index is 0.279. The molecular weight excluding hydrogens is 300 g/mol. The highest BCUT2D eigenvalue weighted by Gasteiger charge is 2.31. The van der Waals surface area contributed by atoms with Gasteiger partial charge in [0.15, 0.2) is 6.29 Å². The average Bonchev–Trinajstić information content (AvgIpc) is 2.67. The Kier molecular flexibility index (Phi) is 6.25. The van der Waals surface area contributed by atoms with Crippen molar-refractivity contribution >= 4 is 0 Å². The van der Waals surface area contributed by atoms with E-state index < -0.39 is 0 Å². The normalized spacial score (nSPS) is 26.2. The molecule has 0 aliphatic carbocycles. The summed E-state index contributed by atoms with van der Waals surface area (Å²) in [7, 11) is 0. The molecule has 0 unspecified atom stereocenters. The molecule has 0 saturated carbocycles. The van der Waals surface area contributed by atoms with Crippen LogP contribution < -0.4 is 0 Å². The number of ether oxygens (including phenoxy) is 2. The zero-order valence-corrected chi connectivity index (χ0v) is 14.6. The summed E-state index contributed by atoms with van der Waals surface area (Å²) in [6.45, 7) is 7.52. The molecule has 130 valence electrons. The summed E-state index contributed by atoms with van der Waals surface area (Å²) in [5.41, 5.74) is 1.67. The number of hydrogen-bond donors (Lipinski definition) is 0. The summed E-state index contributed by atoms with van der Waals surface area (Å²) in [5, 5.41) is 8.87. The minimum atomic E-state index is -0.279. The van der Waals surface area contributed by atoms with E-state index in [9.17, 15) is 0 Å². The van der Waals surface area contributed by atoms with Gasteiger partial charge in [0, 0.05) is 11.5 Å². The largest absolute Gasteiger partial charge is 0.348 e. The van der Waals surface area contributed by atoms with E-state index in [1.807, 2.05) is 24.3 Å². The zero-order valence-electron chi connectivity index (χ0n) is 14.6. The van der Waals surface area contributed by atoms with Crippen molar-refractivity contribution in [1.82, 2.24) is 4.90 Å². The monoisotopic (exact) mass is 328 g/mol. The highest BCUT2D eigenvalue weighted by molar-refractivity contribution is 5.32. The van der Waals surface area contributed by atoms with Gasteiger partial charge in [0.1, 0.15) is 0 Å². The molecule has 0 atom stereocenters. The molecule has 4 heteroatoms. The first-order chi connectivity index (χ1) is 11.8. The van der Waals surface area contributed by atoms with Crippen LogP contribution in [-0.4, -0.2) is 37.7 Å². The van der Waals surface area contributed by atoms with Gasteiger partial charge in [-0.25, -0.2) is 0 Å². The van der Waals surface area contributed by atoms with Gasteiger partial charge >= 0.3 is 0 Å². The zero-order chi connectivity index (χ0) is 16.8. The van der Waals surface area contributed by atoms with Crippen LogP contribution in [0.1, 0.15) is 50.0 Å². The van der Waals surface area contributed by atoms with E-state index in [1.54, 1.807) is 0 Å². The van der Waals surface area contributed by atoms with Gasteiger partial charge < -0.3 is 14.4 Å². The van der Waals surface area contributed by atoms with E-state index in [-0.39, 0.29) is 6.29 Å². The van der Waals surface area contributed by atoms with Gasteiger partial charge in [-0.2, -0.15) is 5.26 Å². The first-order valence-electron chi connectivity index (χ1n) is 9.25. The van der Waals surface area contributed by atoms with E-state index in [4.69, 9.17) is 14.7 Å². The van der Waals surface area contributed by atoms with Crippen LogP contribution in [0.2, 0.25) is 0 Å². The van der Waals surface area contributed by atoms with E-state index >= 15 is 0 Å². The second kappa shape index (κ2) is 8.62. The molecule has 0 radical (unpaired) electrons. The van der Waals surface area contributed by atoms with Gasteiger partial charge in [-0.15, -0.1) is 0 Å². The van der Waals surface area contributed by atoms with Gasteiger partial charge in [-0.1, -0.05) is 25.5 Å². The van der Waals surface area contributed by atoms with Gasteiger partial charge in [-0.05, 0) is 56.9 Å². The number of nitrogens with zero attached hydrogens (tertiary/aromatic N) is 2. The fourth-order valence-electron chi connectivity index (χ4n) is 3.73. The number of piperidine rings is 1. The Morgan fingerprint density at radius 3 is 2.33 bits per heavy atom. The lowest BCUT2D eigenvalue weighted by Crippen LogP contribution is -2.40. The molecule has 0 amide bonds. The highest BCUT2D eigenvalue weighted by Crippen LogP contribution is 2.32. The quantitative estimate of drug-likeness (QED) is 0.826. The number of likely N-dealkylation sites (tertiary alicyclic amines) is 1. The Morgan fingerprint density at radius 1 is 1.08 bits per heavy atom. The molecule has 2 aliphatic heterocycles. The maximum absolute atomic E-state index is 8.87. The molecule has 1 aromatic carbocycles. The Labute approximate surface area is 145 Å². The van der Waals surface area contributed by atoms with Crippen molar-refractivity contribution in [1.29, 1.82) is 5.26 Å². The van der Waals surface area contributed by atoms with Crippen molar-refractivity contribution < 1.29 is 9.47 Å². The second-order valence-corrected chi connectivity index (χ2v) is 7.03. The molecule has 24 heavy (non-hydrogen) atoms. The van der Waals surface area contributed by atoms with E-state index in [1.165, 1.54) is 45.3 Å². The fourth-order valence-corrected chi connectivity index (χ4v) is 3.73. The van der Waals surface area contributed by atoms with Gasteiger partial charge in [0.05, 0.1) is 24.8 Å². The van der Waals surface area contributed by atoms with Crippen LogP contribution >= 0.6 is 0 Å². The summed E-state index contributed by atoms with van der Waals surface area (Å²) in [4.78, 5) is 2.60. The van der Waals surface area contributed by atoms with Crippen LogP contribution in [0.5, 0.6) is 0 Å². The van der Waals surface area contributed by atoms with Gasteiger partial charge in [0.25, 0.3) is 0 Å². The van der Waals surface area contributed by atoms with Crippen LogP contribution in [0.3, 0.4) is 0 Å². The van der Waals surface area contributed by atoms with E-state index in [2.05, 4.69) is 17.9 Å². The molecule has 2 saturated heterocycles. The van der Waals surface area contributed by atoms with Crippen LogP contribution in [-0.2, 0) is 9.47 Å². The molecule has 0 N–H and O–H groups in total. The van der Waals surface area contributed by atoms with Crippen molar-refractivity contribution in [2.75, 3.05) is 32.8 Å². The first kappa shape index (κ1) is 17.4. The van der Waals surface area contributed by atoms with Crippen molar-refractivity contribution in [3.8, 4) is 6.07 Å². The third kappa shape index (κ3) is 4.36. The molecule has 3 rings (SSSR count). The van der Waals surface area contributed by atoms with E-state index in [0.29, 0.717) is 11.5 Å². The summed E-state index contributed by atoms with van der Waals surface area (Å²) < 4.78 is 12.0. The summed E-state index contributed by atoms with van der Waals surface area (Å²) in [6.07, 6.45) is 4.84. The fraction of sp³-hybridized carbons (Fsp3) is 0.650. The van der Waals surface area contributed by atoms with Crippen LogP contribution in [0.25, 0.3) is 0 Å². The average molecular weight is 328 g/mol. The molecule has 0 bridgehead atoms. The minimum Gasteiger partial charge on any atom is -0.348 e. The summed E-state index contributed by atoms with van der Waals surface area (Å²) in [5.74, 6) is 1.25. The molecule has 2 fully saturated rings. The van der Waals surface area contributed by atoms with Crippen molar-refractivity contribution in [3.63, 3.8) is 0 Å². The van der Waals surface area contributed by atoms with Crippen LogP contribution in [0.4, 0.5) is 0 Å². The summed E-state index contributed by atoms with van der Waals surface area (Å²) >= 11 is 0. The van der Waals surface area contributed by atoms with E-state index in [0.717, 1.165) is 24.7 Å². The van der Waals surface area contributed by atoms with Crippen molar-refractivity contribution in [2.45, 2.75) is 38.9 Å². The smallest absolute Gasteiger partial charge is 0.183 e. The Bertz CT molecular complexity index is 536. The second-order valence-electron chi connectivity index (χ2n) is 7.03. The lowest BCUT2D eigenvalue weighted by Gasteiger charge is -2.39. The third-order valence-electron chi connectivity index (χ3n) is 5.36. The van der Waals surface area contributed by atoms with Crippen LogP contribution in [0.15, 0.2) is 24.3 Å². The SMILES string of the molecule is CCCCN1CCC(C2COC(c3ccc(C#N)cc3)OC2)CC1. The van der Waals surface area contributed by atoms with Gasteiger partial charge in [0.2, 0.25) is 0 Å². The molecule has 2 aliphatic rings. The highest BCUT2D eigenvalue weighted by atomic mass is 16.7. The van der Waals surface area contributed by atoms with Crippen LogP contribution in [0, 0.1) is 23.2 Å². The standard InChI is InChI=1S/C20H28N2O2/c1-2-3-10-22-11-8-17(9-12-22)19-14-23-20(24-15-19)18-6-4-16(13-21)5-7-18/h4-7,17,19-20H,2-3,8-12,14-15H2,1H3. The number of unbranched alkanes of at least 4 members (excludes halogenated alkanes) is 1. The molecular formula is C20H28N2O2. The molecule has 2 heterocycles. The Hall–Kier alpha value is -1.41. The van der Waals surface area contributed by atoms with Crippen molar-refractivity contribution in [2.24, 2.45) is 11.8 Å². The Morgan fingerprint density at radius 2 is 1.75 bits per heavy atom. The third-order valence-corrected chi connectivity index (χ3v) is 5.36. The predicted octanol–water partition coefficient (Wildman–Crippen LogP) is 3.73. The first-order valence-corrected chi connectivity index (χ1v) is 9.25. The summed E-state index contributed by atoms with van der Waals surface area (Å²) in [6, 6.07) is 9.63. The molecule has 4 nitrogen and oxygen atoms in total. The van der Waals surface area contributed by atoms with Gasteiger partial charge in [-0.3, -0.25) is 0 Å². The molecule has 1 aromatic rings. The number of nitriles is 1. The van der Waals surface area contributed by atoms with Crippen molar-refractivity contribution in [3.05, 3.63) is 35.4 Å². The Balaban J connectivity index is 1.44. The number of rotatable bonds is 5. The molecule has 0 spiro atoms. The maximum Gasteiger partial charge on any atom is 0.183 e. The lowest BCUT2D eigenvalue weighted by atomic mass is 9.84. The topological polar surface area (TPSA) is 45.5 Å². The molecule has 0 aromatic heterocycles.